The van der Waals surface area contributed by atoms with E-state index in [0.717, 1.165) is 42.9 Å². The monoisotopic (exact) mass is 261 g/mol. The van der Waals surface area contributed by atoms with E-state index in [4.69, 9.17) is 4.74 Å². The summed E-state index contributed by atoms with van der Waals surface area (Å²) < 4.78 is 5.35. The van der Waals surface area contributed by atoms with Crippen molar-refractivity contribution < 1.29 is 9.53 Å². The predicted molar refractivity (Wildman–Crippen MR) is 72.1 cm³/mol. The lowest BCUT2D eigenvalue weighted by Gasteiger charge is -2.32. The minimum absolute atomic E-state index is 0.0570. The number of morpholine rings is 1. The first kappa shape index (κ1) is 12.6. The lowest BCUT2D eigenvalue weighted by Crippen LogP contribution is -2.48. The highest BCUT2D eigenvalue weighted by Crippen LogP contribution is 2.23. The van der Waals surface area contributed by atoms with E-state index >= 15 is 0 Å². The average molecular weight is 261 g/mol. The van der Waals surface area contributed by atoms with Crippen molar-refractivity contribution in [2.75, 3.05) is 31.6 Å². The number of nitrogens with one attached hydrogen (secondary N) is 1. The molecule has 5 heteroatoms. The van der Waals surface area contributed by atoms with Crippen molar-refractivity contribution in [2.45, 2.75) is 25.8 Å². The van der Waals surface area contributed by atoms with Crippen LogP contribution in [-0.2, 0) is 16.0 Å². The van der Waals surface area contributed by atoms with Crippen LogP contribution < -0.4 is 5.32 Å². The van der Waals surface area contributed by atoms with Gasteiger partial charge in [0, 0.05) is 19.3 Å². The van der Waals surface area contributed by atoms with Crippen LogP contribution in [0.3, 0.4) is 0 Å². The Morgan fingerprint density at radius 1 is 1.42 bits per heavy atom. The molecule has 0 unspecified atom stereocenters. The summed E-state index contributed by atoms with van der Waals surface area (Å²) in [6, 6.07) is 2.06. The van der Waals surface area contributed by atoms with E-state index in [1.165, 1.54) is 0 Å². The third-order valence-electron chi connectivity index (χ3n) is 3.82. The molecule has 0 aliphatic carbocycles. The first-order valence-electron chi connectivity index (χ1n) is 6.82. The van der Waals surface area contributed by atoms with Gasteiger partial charge in [-0.3, -0.25) is 9.69 Å². The third kappa shape index (κ3) is 2.62. The predicted octanol–water partition coefficient (Wildman–Crippen LogP) is 0.976. The van der Waals surface area contributed by atoms with Crippen molar-refractivity contribution in [3.05, 3.63) is 23.4 Å². The Kier molecular flexibility index (Phi) is 3.48. The number of aryl methyl sites for hydroxylation is 2. The molecule has 1 aromatic rings. The highest BCUT2D eigenvalue weighted by atomic mass is 16.5. The van der Waals surface area contributed by atoms with Gasteiger partial charge in [0.2, 0.25) is 5.91 Å². The Balaban J connectivity index is 1.79. The van der Waals surface area contributed by atoms with E-state index in [2.05, 4.69) is 21.3 Å². The zero-order chi connectivity index (χ0) is 13.2. The van der Waals surface area contributed by atoms with E-state index in [0.29, 0.717) is 13.2 Å². The first-order valence-corrected chi connectivity index (χ1v) is 6.82. The van der Waals surface area contributed by atoms with Crippen LogP contribution in [0.15, 0.2) is 12.3 Å². The van der Waals surface area contributed by atoms with Crippen LogP contribution in [0.1, 0.15) is 17.5 Å². The molecule has 1 fully saturated rings. The fourth-order valence-electron chi connectivity index (χ4n) is 2.79. The molecule has 5 nitrogen and oxygen atoms in total. The van der Waals surface area contributed by atoms with Crippen LogP contribution in [-0.4, -0.2) is 48.1 Å². The summed E-state index contributed by atoms with van der Waals surface area (Å²) in [5.41, 5.74) is 2.28. The Morgan fingerprint density at radius 3 is 3.00 bits per heavy atom. The fourth-order valence-corrected chi connectivity index (χ4v) is 2.79. The summed E-state index contributed by atoms with van der Waals surface area (Å²) in [6.45, 7) is 5.13. The highest BCUT2D eigenvalue weighted by molar-refractivity contribution is 5.95. The van der Waals surface area contributed by atoms with E-state index in [1.54, 1.807) is 6.20 Å². The number of ether oxygens (including phenoxy) is 1. The molecule has 102 valence electrons. The number of amides is 1. The molecule has 2 aliphatic rings. The molecule has 2 aliphatic heterocycles. The average Bonchev–Trinajstić information content (AvgIpc) is 2.58. The van der Waals surface area contributed by atoms with Crippen molar-refractivity contribution in [3.8, 4) is 0 Å². The maximum atomic E-state index is 12.3. The summed E-state index contributed by atoms with van der Waals surface area (Å²) >= 11 is 0. The van der Waals surface area contributed by atoms with E-state index in [-0.39, 0.29) is 11.9 Å². The molecule has 0 spiro atoms. The Morgan fingerprint density at radius 2 is 2.21 bits per heavy atom. The van der Waals surface area contributed by atoms with Gasteiger partial charge < -0.3 is 10.1 Å². The van der Waals surface area contributed by atoms with Crippen molar-refractivity contribution >= 4 is 11.7 Å². The van der Waals surface area contributed by atoms with E-state index in [1.807, 2.05) is 6.92 Å². The number of rotatable bonds is 1. The molecule has 1 N–H and O–H groups in total. The molecule has 0 bridgehead atoms. The molecular weight excluding hydrogens is 242 g/mol. The van der Waals surface area contributed by atoms with Gasteiger partial charge in [0.05, 0.1) is 19.3 Å². The molecular formula is C14H19N3O2. The summed E-state index contributed by atoms with van der Waals surface area (Å²) in [5.74, 6) is 0.795. The van der Waals surface area contributed by atoms with Gasteiger partial charge in [0.1, 0.15) is 5.82 Å². The Labute approximate surface area is 113 Å². The number of carbonyl (C=O) groups is 1. The normalized spacial score (nSPS) is 24.5. The van der Waals surface area contributed by atoms with Crippen LogP contribution in [0, 0.1) is 6.92 Å². The second kappa shape index (κ2) is 5.27. The maximum absolute atomic E-state index is 12.3. The SMILES string of the molecule is Cc1cnc2c(c1)CC[C@H](N1CCOCC1)C(=O)N2. The number of carbonyl (C=O) groups excluding carboxylic acids is 1. The Hall–Kier alpha value is -1.46. The number of pyridine rings is 1. The van der Waals surface area contributed by atoms with Gasteiger partial charge in [-0.25, -0.2) is 4.98 Å². The van der Waals surface area contributed by atoms with Crippen LogP contribution >= 0.6 is 0 Å². The first-order chi connectivity index (χ1) is 9.24. The number of fused-ring (bicyclic) bond motifs is 1. The summed E-state index contributed by atoms with van der Waals surface area (Å²) in [4.78, 5) is 18.9. The molecule has 3 rings (SSSR count). The van der Waals surface area contributed by atoms with E-state index in [9.17, 15) is 4.79 Å². The molecule has 1 atom stereocenters. The fraction of sp³-hybridized carbons (Fsp3) is 0.571. The second-order valence-electron chi connectivity index (χ2n) is 5.21. The molecule has 0 saturated carbocycles. The zero-order valence-electron chi connectivity index (χ0n) is 11.2. The number of hydrogen-bond acceptors (Lipinski definition) is 4. The Bertz CT molecular complexity index is 484. The molecule has 1 aromatic heterocycles. The van der Waals surface area contributed by atoms with Crippen molar-refractivity contribution in [3.63, 3.8) is 0 Å². The summed E-state index contributed by atoms with van der Waals surface area (Å²) in [6.07, 6.45) is 3.54. The van der Waals surface area contributed by atoms with Gasteiger partial charge >= 0.3 is 0 Å². The van der Waals surface area contributed by atoms with Crippen LogP contribution in [0.25, 0.3) is 0 Å². The van der Waals surface area contributed by atoms with Gasteiger partial charge in [-0.1, -0.05) is 6.07 Å². The molecule has 0 aromatic carbocycles. The van der Waals surface area contributed by atoms with Gasteiger partial charge in [0.15, 0.2) is 0 Å². The van der Waals surface area contributed by atoms with Gasteiger partial charge in [-0.2, -0.15) is 0 Å². The zero-order valence-corrected chi connectivity index (χ0v) is 11.2. The van der Waals surface area contributed by atoms with Crippen LogP contribution in [0.5, 0.6) is 0 Å². The molecule has 0 radical (unpaired) electrons. The summed E-state index contributed by atoms with van der Waals surface area (Å²) in [7, 11) is 0. The highest BCUT2D eigenvalue weighted by Gasteiger charge is 2.30. The molecule has 1 amide bonds. The third-order valence-corrected chi connectivity index (χ3v) is 3.82. The van der Waals surface area contributed by atoms with Crippen molar-refractivity contribution in [2.24, 2.45) is 0 Å². The minimum Gasteiger partial charge on any atom is -0.379 e. The number of hydrogen-bond donors (Lipinski definition) is 1. The second-order valence-corrected chi connectivity index (χ2v) is 5.21. The summed E-state index contributed by atoms with van der Waals surface area (Å²) in [5, 5.41) is 2.96. The smallest absolute Gasteiger partial charge is 0.242 e. The topological polar surface area (TPSA) is 54.5 Å². The number of anilines is 1. The number of nitrogens with zero attached hydrogens (tertiary/aromatic N) is 2. The van der Waals surface area contributed by atoms with Crippen LogP contribution in [0.4, 0.5) is 5.82 Å². The largest absolute Gasteiger partial charge is 0.379 e. The maximum Gasteiger partial charge on any atom is 0.242 e. The van der Waals surface area contributed by atoms with Crippen molar-refractivity contribution in [1.29, 1.82) is 0 Å². The molecule has 3 heterocycles. The lowest BCUT2D eigenvalue weighted by atomic mass is 10.1. The van der Waals surface area contributed by atoms with E-state index < -0.39 is 0 Å². The molecule has 19 heavy (non-hydrogen) atoms. The lowest BCUT2D eigenvalue weighted by molar-refractivity contribution is -0.123. The number of aromatic nitrogens is 1. The van der Waals surface area contributed by atoms with Gasteiger partial charge in [-0.05, 0) is 30.9 Å². The van der Waals surface area contributed by atoms with Crippen molar-refractivity contribution in [1.82, 2.24) is 9.88 Å². The minimum atomic E-state index is -0.0570. The van der Waals surface area contributed by atoms with Gasteiger partial charge in [0.25, 0.3) is 0 Å². The van der Waals surface area contributed by atoms with Crippen LogP contribution in [0.2, 0.25) is 0 Å². The quantitative estimate of drug-likeness (QED) is 0.818. The standard InChI is InChI=1S/C14H19N3O2/c1-10-8-11-2-3-12(17-4-6-19-7-5-17)14(18)16-13(11)15-9-10/h8-9,12H,2-7H2,1H3,(H,15,16,18)/t12-/m0/s1. The molecule has 1 saturated heterocycles. The van der Waals surface area contributed by atoms with Gasteiger partial charge in [-0.15, -0.1) is 0 Å².